The van der Waals surface area contributed by atoms with E-state index in [0.717, 1.165) is 19.4 Å². The Labute approximate surface area is 101 Å². The van der Waals surface area contributed by atoms with Gasteiger partial charge in [-0.25, -0.2) is 0 Å². The molecular formula is C14H19NS. The molecule has 1 nitrogen and oxygen atoms in total. The van der Waals surface area contributed by atoms with E-state index in [0.29, 0.717) is 0 Å². The fraction of sp³-hybridized carbons (Fsp3) is 0.429. The van der Waals surface area contributed by atoms with Crippen molar-refractivity contribution in [1.82, 2.24) is 0 Å². The molecule has 0 spiro atoms. The monoisotopic (exact) mass is 233 g/mol. The predicted octanol–water partition coefficient (Wildman–Crippen LogP) is 3.80. The summed E-state index contributed by atoms with van der Waals surface area (Å²) in [4.78, 5) is 1.44. The number of unbranched alkanes of at least 4 members (excludes halogenated alkanes) is 1. The number of nitrogens with two attached hydrogens (primary N) is 1. The van der Waals surface area contributed by atoms with Crippen molar-refractivity contribution in [2.75, 3.05) is 6.54 Å². The van der Waals surface area contributed by atoms with E-state index in [9.17, 15) is 0 Å². The molecule has 2 heteroatoms. The van der Waals surface area contributed by atoms with E-state index >= 15 is 0 Å². The maximum atomic E-state index is 5.51. The zero-order chi connectivity index (χ0) is 11.5. The smallest absolute Gasteiger partial charge is 0.0351 e. The Morgan fingerprint density at radius 3 is 2.75 bits per heavy atom. The molecule has 1 heterocycles. The van der Waals surface area contributed by atoms with Crippen LogP contribution in [0.25, 0.3) is 10.1 Å². The molecule has 0 bridgehead atoms. The number of hydrogen-bond donors (Lipinski definition) is 1. The molecular weight excluding hydrogens is 214 g/mol. The van der Waals surface area contributed by atoms with Gasteiger partial charge in [-0.1, -0.05) is 12.1 Å². The maximum absolute atomic E-state index is 5.51. The van der Waals surface area contributed by atoms with E-state index in [-0.39, 0.29) is 0 Å². The van der Waals surface area contributed by atoms with Crippen LogP contribution in [0.4, 0.5) is 0 Å². The molecule has 0 aliphatic heterocycles. The van der Waals surface area contributed by atoms with Crippen LogP contribution in [0.5, 0.6) is 0 Å². The lowest BCUT2D eigenvalue weighted by molar-refractivity contribution is 0.745. The molecule has 0 fully saturated rings. The highest BCUT2D eigenvalue weighted by atomic mass is 32.1. The highest BCUT2D eigenvalue weighted by Crippen LogP contribution is 2.30. The molecule has 86 valence electrons. The van der Waals surface area contributed by atoms with Gasteiger partial charge in [-0.2, -0.15) is 0 Å². The summed E-state index contributed by atoms with van der Waals surface area (Å²) in [7, 11) is 0. The lowest BCUT2D eigenvalue weighted by atomic mass is 10.1. The third kappa shape index (κ3) is 2.28. The molecule has 0 radical (unpaired) electrons. The van der Waals surface area contributed by atoms with Crippen LogP contribution in [0.15, 0.2) is 18.2 Å². The lowest BCUT2D eigenvalue weighted by Gasteiger charge is -2.01. The first-order valence-electron chi connectivity index (χ1n) is 5.91. The average molecular weight is 233 g/mol. The fourth-order valence-electron chi connectivity index (χ4n) is 2.02. The molecule has 16 heavy (non-hydrogen) atoms. The molecule has 0 aliphatic carbocycles. The second-order valence-electron chi connectivity index (χ2n) is 4.36. The van der Waals surface area contributed by atoms with Crippen LogP contribution in [0, 0.1) is 13.8 Å². The minimum Gasteiger partial charge on any atom is -0.330 e. The normalized spacial score (nSPS) is 11.2. The number of aryl methyl sites for hydroxylation is 3. The number of benzene rings is 1. The Balaban J connectivity index is 2.23. The Morgan fingerprint density at radius 2 is 2.00 bits per heavy atom. The van der Waals surface area contributed by atoms with Crippen molar-refractivity contribution in [3.8, 4) is 0 Å². The Morgan fingerprint density at radius 1 is 1.19 bits per heavy atom. The fourth-order valence-corrected chi connectivity index (χ4v) is 3.16. The van der Waals surface area contributed by atoms with Gasteiger partial charge in [0.25, 0.3) is 0 Å². The summed E-state index contributed by atoms with van der Waals surface area (Å²) in [6, 6.07) is 6.88. The molecule has 0 saturated carbocycles. The van der Waals surface area contributed by atoms with Crippen LogP contribution in [0.1, 0.15) is 28.8 Å². The molecule has 0 atom stereocenters. The molecule has 0 amide bonds. The zero-order valence-electron chi connectivity index (χ0n) is 10.0. The third-order valence-electron chi connectivity index (χ3n) is 3.16. The van der Waals surface area contributed by atoms with Crippen LogP contribution in [-0.4, -0.2) is 6.54 Å². The van der Waals surface area contributed by atoms with Gasteiger partial charge in [0.1, 0.15) is 0 Å². The minimum atomic E-state index is 0.805. The van der Waals surface area contributed by atoms with Gasteiger partial charge in [-0.05, 0) is 62.2 Å². The largest absolute Gasteiger partial charge is 0.330 e. The first-order chi connectivity index (χ1) is 7.72. The van der Waals surface area contributed by atoms with Gasteiger partial charge >= 0.3 is 0 Å². The molecule has 0 aliphatic rings. The van der Waals surface area contributed by atoms with E-state index in [4.69, 9.17) is 5.73 Å². The Bertz CT molecular complexity index is 485. The van der Waals surface area contributed by atoms with Gasteiger partial charge in [-0.15, -0.1) is 11.3 Å². The average Bonchev–Trinajstić information content (AvgIpc) is 2.55. The van der Waals surface area contributed by atoms with E-state index in [1.54, 1.807) is 0 Å². The molecule has 2 aromatic rings. The standard InChI is InChI=1S/C14H19NS/c1-10-11(2)16-14-9-12(5-3-4-8-15)6-7-13(10)14/h6-7,9H,3-5,8,15H2,1-2H3. The first-order valence-corrected chi connectivity index (χ1v) is 6.72. The maximum Gasteiger partial charge on any atom is 0.0351 e. The number of fused-ring (bicyclic) bond motifs is 1. The third-order valence-corrected chi connectivity index (χ3v) is 4.33. The van der Waals surface area contributed by atoms with Gasteiger partial charge in [0, 0.05) is 9.58 Å². The predicted molar refractivity (Wildman–Crippen MR) is 73.3 cm³/mol. The Kier molecular flexibility index (Phi) is 3.62. The molecule has 1 aromatic carbocycles. The summed E-state index contributed by atoms with van der Waals surface area (Å²) in [5, 5.41) is 1.42. The van der Waals surface area contributed by atoms with E-state index in [2.05, 4.69) is 32.0 Å². The molecule has 0 unspecified atom stereocenters. The van der Waals surface area contributed by atoms with Crippen LogP contribution < -0.4 is 5.73 Å². The van der Waals surface area contributed by atoms with Gasteiger partial charge in [0.2, 0.25) is 0 Å². The van der Waals surface area contributed by atoms with Crippen molar-refractivity contribution in [3.05, 3.63) is 34.2 Å². The summed E-state index contributed by atoms with van der Waals surface area (Å²) < 4.78 is 1.43. The Hall–Kier alpha value is -0.860. The van der Waals surface area contributed by atoms with Crippen molar-refractivity contribution in [1.29, 1.82) is 0 Å². The van der Waals surface area contributed by atoms with Gasteiger partial charge in [0.15, 0.2) is 0 Å². The first kappa shape index (κ1) is 11.6. The molecule has 2 rings (SSSR count). The molecule has 0 saturated heterocycles. The summed E-state index contributed by atoms with van der Waals surface area (Å²) >= 11 is 1.91. The molecule has 2 N–H and O–H groups in total. The lowest BCUT2D eigenvalue weighted by Crippen LogP contribution is -1.98. The summed E-state index contributed by atoms with van der Waals surface area (Å²) in [5.41, 5.74) is 8.39. The van der Waals surface area contributed by atoms with Gasteiger partial charge in [-0.3, -0.25) is 0 Å². The second kappa shape index (κ2) is 4.98. The van der Waals surface area contributed by atoms with Crippen LogP contribution >= 0.6 is 11.3 Å². The van der Waals surface area contributed by atoms with Crippen LogP contribution in [-0.2, 0) is 6.42 Å². The summed E-state index contributed by atoms with van der Waals surface area (Å²) in [5.74, 6) is 0. The highest BCUT2D eigenvalue weighted by Gasteiger charge is 2.05. The van der Waals surface area contributed by atoms with E-state index < -0.39 is 0 Å². The van der Waals surface area contributed by atoms with Crippen LogP contribution in [0.3, 0.4) is 0 Å². The van der Waals surface area contributed by atoms with Crippen molar-refractivity contribution < 1.29 is 0 Å². The van der Waals surface area contributed by atoms with Gasteiger partial charge < -0.3 is 5.73 Å². The topological polar surface area (TPSA) is 26.0 Å². The number of hydrogen-bond acceptors (Lipinski definition) is 2. The van der Waals surface area contributed by atoms with E-state index in [1.807, 2.05) is 11.3 Å². The van der Waals surface area contributed by atoms with Crippen molar-refractivity contribution in [2.24, 2.45) is 5.73 Å². The van der Waals surface area contributed by atoms with Crippen molar-refractivity contribution >= 4 is 21.4 Å². The van der Waals surface area contributed by atoms with E-state index in [1.165, 1.54) is 32.5 Å². The summed E-state index contributed by atoms with van der Waals surface area (Å²) in [6.45, 7) is 5.22. The molecule has 1 aromatic heterocycles. The highest BCUT2D eigenvalue weighted by molar-refractivity contribution is 7.19. The number of thiophene rings is 1. The SMILES string of the molecule is Cc1sc2cc(CCCCN)ccc2c1C. The minimum absolute atomic E-state index is 0.805. The summed E-state index contributed by atoms with van der Waals surface area (Å²) in [6.07, 6.45) is 3.48. The van der Waals surface area contributed by atoms with Crippen molar-refractivity contribution in [2.45, 2.75) is 33.1 Å². The quantitative estimate of drug-likeness (QED) is 0.799. The number of rotatable bonds is 4. The van der Waals surface area contributed by atoms with Gasteiger partial charge in [0.05, 0.1) is 0 Å². The second-order valence-corrected chi connectivity index (χ2v) is 5.62. The zero-order valence-corrected chi connectivity index (χ0v) is 10.9. The van der Waals surface area contributed by atoms with Crippen LogP contribution in [0.2, 0.25) is 0 Å². The van der Waals surface area contributed by atoms with Crippen molar-refractivity contribution in [3.63, 3.8) is 0 Å².